The zero-order chi connectivity index (χ0) is 13.6. The first-order chi connectivity index (χ1) is 8.97. The number of pyridine rings is 1. The summed E-state index contributed by atoms with van der Waals surface area (Å²) in [4.78, 5) is 3.79. The molecule has 19 heavy (non-hydrogen) atoms. The summed E-state index contributed by atoms with van der Waals surface area (Å²) in [6.45, 7) is 0. The van der Waals surface area contributed by atoms with Crippen LogP contribution in [0.3, 0.4) is 0 Å². The van der Waals surface area contributed by atoms with E-state index in [1.165, 1.54) is 10.7 Å². The Hall–Kier alpha value is -1.56. The number of hydrogen-bond acceptors (Lipinski definition) is 2. The predicted molar refractivity (Wildman–Crippen MR) is 63.4 cm³/mol. The summed E-state index contributed by atoms with van der Waals surface area (Å²) in [5.41, 5.74) is 1.10. The second-order valence-electron chi connectivity index (χ2n) is 4.38. The first kappa shape index (κ1) is 12.5. The van der Waals surface area contributed by atoms with Crippen molar-refractivity contribution in [2.24, 2.45) is 0 Å². The van der Waals surface area contributed by atoms with Crippen LogP contribution in [-0.2, 0) is 19.0 Å². The van der Waals surface area contributed by atoms with Gasteiger partial charge in [0.2, 0.25) is 0 Å². The molecule has 0 radical (unpaired) electrons. The lowest BCUT2D eigenvalue weighted by Gasteiger charge is -2.07. The predicted octanol–water partition coefficient (Wildman–Crippen LogP) is 3.43. The van der Waals surface area contributed by atoms with Crippen LogP contribution in [0.5, 0.6) is 0 Å². The third-order valence-electron chi connectivity index (χ3n) is 3.14. The van der Waals surface area contributed by atoms with Gasteiger partial charge in [0.15, 0.2) is 5.82 Å². The molecule has 0 saturated heterocycles. The highest BCUT2D eigenvalue weighted by Crippen LogP contribution is 2.31. The molecular weight excluding hydrogens is 279 g/mol. The summed E-state index contributed by atoms with van der Waals surface area (Å²) in [6.07, 6.45) is -0.879. The Morgan fingerprint density at radius 3 is 2.58 bits per heavy atom. The number of halogens is 4. The van der Waals surface area contributed by atoms with Crippen LogP contribution in [0.1, 0.15) is 23.2 Å². The van der Waals surface area contributed by atoms with Crippen LogP contribution in [0, 0.1) is 0 Å². The van der Waals surface area contributed by atoms with Crippen LogP contribution in [0.2, 0.25) is 5.15 Å². The maximum atomic E-state index is 12.4. The Morgan fingerprint density at radius 2 is 2.00 bits per heavy atom. The van der Waals surface area contributed by atoms with Crippen LogP contribution in [-0.4, -0.2) is 14.8 Å². The van der Waals surface area contributed by atoms with E-state index in [0.717, 1.165) is 42.8 Å². The molecule has 100 valence electrons. The van der Waals surface area contributed by atoms with Crippen LogP contribution in [0.15, 0.2) is 18.3 Å². The van der Waals surface area contributed by atoms with Crippen molar-refractivity contribution < 1.29 is 13.2 Å². The molecule has 3 nitrogen and oxygen atoms in total. The first-order valence-electron chi connectivity index (χ1n) is 5.77. The van der Waals surface area contributed by atoms with Gasteiger partial charge in [-0.1, -0.05) is 11.6 Å². The van der Waals surface area contributed by atoms with E-state index in [1.807, 2.05) is 0 Å². The van der Waals surface area contributed by atoms with E-state index in [1.54, 1.807) is 0 Å². The molecule has 0 atom stereocenters. The molecular formula is C12H9ClF3N3. The van der Waals surface area contributed by atoms with Gasteiger partial charge in [-0.2, -0.15) is 18.3 Å². The molecule has 0 aromatic carbocycles. The van der Waals surface area contributed by atoms with E-state index < -0.39 is 11.7 Å². The van der Waals surface area contributed by atoms with Crippen LogP contribution < -0.4 is 0 Å². The Balaban J connectivity index is 1.99. The maximum Gasteiger partial charge on any atom is 0.417 e. The van der Waals surface area contributed by atoms with Crippen molar-refractivity contribution in [2.45, 2.75) is 25.4 Å². The second kappa shape index (κ2) is 4.23. The SMILES string of the molecule is FC(F)(F)c1ccc(-n2nc3c(c2Cl)CCC3)nc1. The Labute approximate surface area is 112 Å². The topological polar surface area (TPSA) is 30.7 Å². The first-order valence-corrected chi connectivity index (χ1v) is 6.14. The molecule has 0 spiro atoms. The summed E-state index contributed by atoms with van der Waals surface area (Å²) < 4.78 is 38.7. The molecule has 1 aliphatic carbocycles. The minimum atomic E-state index is -4.39. The smallest absolute Gasteiger partial charge is 0.236 e. The molecule has 2 heterocycles. The number of hydrogen-bond donors (Lipinski definition) is 0. The fraction of sp³-hybridized carbons (Fsp3) is 0.333. The summed E-state index contributed by atoms with van der Waals surface area (Å²) >= 11 is 6.17. The summed E-state index contributed by atoms with van der Waals surface area (Å²) in [5, 5.41) is 4.74. The van der Waals surface area contributed by atoms with Crippen molar-refractivity contribution in [1.29, 1.82) is 0 Å². The number of fused-ring (bicyclic) bond motifs is 1. The molecule has 0 unspecified atom stereocenters. The van der Waals surface area contributed by atoms with Gasteiger partial charge in [-0.3, -0.25) is 0 Å². The lowest BCUT2D eigenvalue weighted by molar-refractivity contribution is -0.137. The van der Waals surface area contributed by atoms with Gasteiger partial charge in [-0.05, 0) is 31.4 Å². The minimum absolute atomic E-state index is 0.299. The van der Waals surface area contributed by atoms with Gasteiger partial charge in [-0.25, -0.2) is 9.67 Å². The van der Waals surface area contributed by atoms with E-state index >= 15 is 0 Å². The largest absolute Gasteiger partial charge is 0.417 e. The quantitative estimate of drug-likeness (QED) is 0.804. The maximum absolute atomic E-state index is 12.4. The van der Waals surface area contributed by atoms with Crippen molar-refractivity contribution in [2.75, 3.05) is 0 Å². The van der Waals surface area contributed by atoms with Gasteiger partial charge >= 0.3 is 6.18 Å². The van der Waals surface area contributed by atoms with Gasteiger partial charge in [0.1, 0.15) is 5.15 Å². The second-order valence-corrected chi connectivity index (χ2v) is 4.74. The lowest BCUT2D eigenvalue weighted by atomic mass is 10.3. The van der Waals surface area contributed by atoms with Crippen molar-refractivity contribution in [3.05, 3.63) is 40.3 Å². The monoisotopic (exact) mass is 287 g/mol. The fourth-order valence-corrected chi connectivity index (χ4v) is 2.51. The molecule has 0 aliphatic heterocycles. The van der Waals surface area contributed by atoms with Crippen molar-refractivity contribution >= 4 is 11.6 Å². The lowest BCUT2D eigenvalue weighted by Crippen LogP contribution is -2.07. The number of alkyl halides is 3. The van der Waals surface area contributed by atoms with Gasteiger partial charge in [0, 0.05) is 11.8 Å². The van der Waals surface area contributed by atoms with E-state index in [9.17, 15) is 13.2 Å². The molecule has 1 aliphatic rings. The molecule has 0 N–H and O–H groups in total. The zero-order valence-electron chi connectivity index (χ0n) is 9.71. The average molecular weight is 288 g/mol. The third-order valence-corrected chi connectivity index (χ3v) is 3.52. The minimum Gasteiger partial charge on any atom is -0.236 e. The Morgan fingerprint density at radius 1 is 1.21 bits per heavy atom. The normalized spacial score (nSPS) is 14.7. The molecule has 0 saturated carbocycles. The number of aryl methyl sites for hydroxylation is 1. The molecule has 2 aromatic heterocycles. The van der Waals surface area contributed by atoms with Gasteiger partial charge in [0.05, 0.1) is 11.3 Å². The Kier molecular flexibility index (Phi) is 2.78. The number of nitrogens with zero attached hydrogens (tertiary/aromatic N) is 3. The van der Waals surface area contributed by atoms with E-state index in [0.29, 0.717) is 11.0 Å². The van der Waals surface area contributed by atoms with Crippen LogP contribution in [0.25, 0.3) is 5.82 Å². The van der Waals surface area contributed by atoms with Crippen molar-refractivity contribution in [3.63, 3.8) is 0 Å². The highest BCUT2D eigenvalue weighted by atomic mass is 35.5. The standard InChI is InChI=1S/C12H9ClF3N3/c13-11-8-2-1-3-9(8)18-19(11)10-5-4-7(6-17-10)12(14,15)16/h4-6H,1-3H2. The van der Waals surface area contributed by atoms with Gasteiger partial charge < -0.3 is 0 Å². The van der Waals surface area contributed by atoms with Gasteiger partial charge in [-0.15, -0.1) is 0 Å². The molecule has 0 bridgehead atoms. The van der Waals surface area contributed by atoms with E-state index in [-0.39, 0.29) is 0 Å². The molecule has 2 aromatic rings. The summed E-state index contributed by atoms with van der Waals surface area (Å²) in [7, 11) is 0. The molecule has 7 heteroatoms. The van der Waals surface area contributed by atoms with Crippen LogP contribution in [0.4, 0.5) is 13.2 Å². The zero-order valence-corrected chi connectivity index (χ0v) is 10.5. The summed E-state index contributed by atoms with van der Waals surface area (Å²) in [5.74, 6) is 0.299. The van der Waals surface area contributed by atoms with E-state index in [4.69, 9.17) is 11.6 Å². The highest BCUT2D eigenvalue weighted by Gasteiger charge is 2.31. The molecule has 0 amide bonds. The highest BCUT2D eigenvalue weighted by molar-refractivity contribution is 6.30. The fourth-order valence-electron chi connectivity index (χ4n) is 2.18. The van der Waals surface area contributed by atoms with Gasteiger partial charge in [0.25, 0.3) is 0 Å². The number of aromatic nitrogens is 3. The summed E-state index contributed by atoms with van der Waals surface area (Å²) in [6, 6.07) is 2.25. The Bertz CT molecular complexity index is 616. The number of rotatable bonds is 1. The molecule has 3 rings (SSSR count). The van der Waals surface area contributed by atoms with Crippen molar-refractivity contribution in [1.82, 2.24) is 14.8 Å². The van der Waals surface area contributed by atoms with Crippen molar-refractivity contribution in [3.8, 4) is 5.82 Å². The third kappa shape index (κ3) is 2.10. The van der Waals surface area contributed by atoms with Crippen LogP contribution >= 0.6 is 11.6 Å². The molecule has 0 fully saturated rings. The van der Waals surface area contributed by atoms with E-state index in [2.05, 4.69) is 10.1 Å². The average Bonchev–Trinajstić information content (AvgIpc) is 2.92.